The number of pyridine rings is 1. The number of nitrogens with zero attached hydrogens (tertiary/aromatic N) is 3. The maximum Gasteiger partial charge on any atom is 0.337 e. The maximum absolute atomic E-state index is 11.6. The summed E-state index contributed by atoms with van der Waals surface area (Å²) in [5.41, 5.74) is 4.88. The molecule has 4 rings (SSSR count). The second-order valence-corrected chi connectivity index (χ2v) is 5.93. The summed E-state index contributed by atoms with van der Waals surface area (Å²) in [5, 5.41) is 14.3. The molecule has 0 fully saturated rings. The Bertz CT molecular complexity index is 900. The van der Waals surface area contributed by atoms with E-state index >= 15 is 0 Å². The summed E-state index contributed by atoms with van der Waals surface area (Å²) in [4.78, 5) is 16.0. The van der Waals surface area contributed by atoms with Gasteiger partial charge in [-0.25, -0.2) is 9.48 Å². The van der Waals surface area contributed by atoms with Gasteiger partial charge in [-0.1, -0.05) is 18.2 Å². The SMILES string of the molecule is O=C(O)c1ccccc1-n1nc(-c2ccccn2)c2c1CCCC2. The van der Waals surface area contributed by atoms with Crippen molar-refractivity contribution in [2.75, 3.05) is 0 Å². The molecule has 2 aromatic heterocycles. The highest BCUT2D eigenvalue weighted by atomic mass is 16.4. The summed E-state index contributed by atoms with van der Waals surface area (Å²) >= 11 is 0. The van der Waals surface area contributed by atoms with Gasteiger partial charge in [-0.2, -0.15) is 5.10 Å². The number of aromatic nitrogens is 3. The van der Waals surface area contributed by atoms with Crippen LogP contribution in [0.1, 0.15) is 34.5 Å². The fourth-order valence-electron chi connectivity index (χ4n) is 3.35. The van der Waals surface area contributed by atoms with Crippen LogP contribution in [0.3, 0.4) is 0 Å². The molecule has 1 aromatic carbocycles. The van der Waals surface area contributed by atoms with Crippen molar-refractivity contribution in [3.05, 3.63) is 65.5 Å². The van der Waals surface area contributed by atoms with E-state index < -0.39 is 5.97 Å². The molecule has 0 aliphatic heterocycles. The van der Waals surface area contributed by atoms with Crippen LogP contribution < -0.4 is 0 Å². The first-order chi connectivity index (χ1) is 11.8. The fourth-order valence-corrected chi connectivity index (χ4v) is 3.35. The Labute approximate surface area is 139 Å². The lowest BCUT2D eigenvalue weighted by Gasteiger charge is -2.15. The number of rotatable bonds is 3. The molecule has 24 heavy (non-hydrogen) atoms. The molecule has 120 valence electrons. The van der Waals surface area contributed by atoms with E-state index in [2.05, 4.69) is 4.98 Å². The zero-order chi connectivity index (χ0) is 16.5. The highest BCUT2D eigenvalue weighted by Gasteiger charge is 2.24. The van der Waals surface area contributed by atoms with Crippen molar-refractivity contribution in [3.8, 4) is 17.1 Å². The Balaban J connectivity index is 1.95. The van der Waals surface area contributed by atoms with Gasteiger partial charge < -0.3 is 5.11 Å². The number of aromatic carboxylic acids is 1. The molecule has 0 spiro atoms. The average molecular weight is 319 g/mol. The summed E-state index contributed by atoms with van der Waals surface area (Å²) in [6.07, 6.45) is 5.84. The molecule has 0 amide bonds. The number of fused-ring (bicyclic) bond motifs is 1. The van der Waals surface area contributed by atoms with Crippen LogP contribution in [0.5, 0.6) is 0 Å². The molecule has 0 bridgehead atoms. The summed E-state index contributed by atoms with van der Waals surface area (Å²) in [7, 11) is 0. The number of para-hydroxylation sites is 1. The van der Waals surface area contributed by atoms with Gasteiger partial charge in [0.25, 0.3) is 0 Å². The predicted octanol–water partition coefficient (Wildman–Crippen LogP) is 3.51. The number of hydrogen-bond acceptors (Lipinski definition) is 3. The molecule has 1 aliphatic carbocycles. The Morgan fingerprint density at radius 3 is 2.62 bits per heavy atom. The minimum absolute atomic E-state index is 0.265. The molecule has 2 heterocycles. The lowest BCUT2D eigenvalue weighted by Crippen LogP contribution is -2.11. The molecule has 0 radical (unpaired) electrons. The molecule has 0 saturated heterocycles. The van der Waals surface area contributed by atoms with Crippen LogP contribution in [0.4, 0.5) is 0 Å². The maximum atomic E-state index is 11.6. The first-order valence-electron chi connectivity index (χ1n) is 8.10. The summed E-state index contributed by atoms with van der Waals surface area (Å²) in [6, 6.07) is 12.8. The fraction of sp³-hybridized carbons (Fsp3) is 0.211. The van der Waals surface area contributed by atoms with Crippen LogP contribution in [-0.2, 0) is 12.8 Å². The van der Waals surface area contributed by atoms with Gasteiger partial charge in [0.2, 0.25) is 0 Å². The van der Waals surface area contributed by atoms with E-state index in [1.54, 1.807) is 18.3 Å². The topological polar surface area (TPSA) is 68.0 Å². The number of hydrogen-bond donors (Lipinski definition) is 1. The number of carboxylic acid groups (broad SMARTS) is 1. The monoisotopic (exact) mass is 319 g/mol. The molecule has 1 aliphatic rings. The van der Waals surface area contributed by atoms with E-state index in [0.717, 1.165) is 42.8 Å². The average Bonchev–Trinajstić information content (AvgIpc) is 3.02. The van der Waals surface area contributed by atoms with Crippen molar-refractivity contribution in [1.82, 2.24) is 14.8 Å². The Morgan fingerprint density at radius 2 is 1.83 bits per heavy atom. The molecule has 5 heteroatoms. The highest BCUT2D eigenvalue weighted by molar-refractivity contribution is 5.92. The van der Waals surface area contributed by atoms with Gasteiger partial charge >= 0.3 is 5.97 Å². The van der Waals surface area contributed by atoms with Gasteiger partial charge in [0, 0.05) is 17.5 Å². The summed E-state index contributed by atoms with van der Waals surface area (Å²) in [5.74, 6) is -0.940. The van der Waals surface area contributed by atoms with E-state index in [1.165, 1.54) is 5.56 Å². The second-order valence-electron chi connectivity index (χ2n) is 5.93. The molecule has 5 nitrogen and oxygen atoms in total. The molecule has 0 atom stereocenters. The van der Waals surface area contributed by atoms with Crippen LogP contribution in [0, 0.1) is 0 Å². The first kappa shape index (κ1) is 14.6. The lowest BCUT2D eigenvalue weighted by molar-refractivity contribution is 0.0696. The first-order valence-corrected chi connectivity index (χ1v) is 8.10. The largest absolute Gasteiger partial charge is 0.478 e. The molecular weight excluding hydrogens is 302 g/mol. The predicted molar refractivity (Wildman–Crippen MR) is 90.4 cm³/mol. The minimum Gasteiger partial charge on any atom is -0.478 e. The standard InChI is InChI=1S/C19H17N3O2/c23-19(24)14-8-2-4-11-17(14)22-16-10-3-1-7-13(16)18(21-22)15-9-5-6-12-20-15/h2,4-6,8-9,11-12H,1,3,7,10H2,(H,23,24). The van der Waals surface area contributed by atoms with Crippen LogP contribution in [0.2, 0.25) is 0 Å². The van der Waals surface area contributed by atoms with Crippen molar-refractivity contribution in [2.45, 2.75) is 25.7 Å². The lowest BCUT2D eigenvalue weighted by atomic mass is 9.94. The smallest absolute Gasteiger partial charge is 0.337 e. The van der Waals surface area contributed by atoms with Crippen molar-refractivity contribution in [3.63, 3.8) is 0 Å². The summed E-state index contributed by atoms with van der Waals surface area (Å²) in [6.45, 7) is 0. The number of carbonyl (C=O) groups is 1. The van der Waals surface area contributed by atoms with Crippen molar-refractivity contribution in [2.24, 2.45) is 0 Å². The molecule has 1 N–H and O–H groups in total. The Hall–Kier alpha value is -2.95. The van der Waals surface area contributed by atoms with Gasteiger partial charge in [-0.3, -0.25) is 4.98 Å². The number of benzene rings is 1. The van der Waals surface area contributed by atoms with E-state index in [4.69, 9.17) is 5.10 Å². The van der Waals surface area contributed by atoms with Gasteiger partial charge in [0.1, 0.15) is 5.69 Å². The van der Waals surface area contributed by atoms with Crippen LogP contribution in [0.25, 0.3) is 17.1 Å². The molecular formula is C19H17N3O2. The van der Waals surface area contributed by atoms with Crippen LogP contribution in [0.15, 0.2) is 48.7 Å². The van der Waals surface area contributed by atoms with Gasteiger partial charge in [-0.05, 0) is 49.9 Å². The second kappa shape index (κ2) is 5.92. The van der Waals surface area contributed by atoms with Crippen LogP contribution >= 0.6 is 0 Å². The third-order valence-corrected chi connectivity index (χ3v) is 4.45. The Morgan fingerprint density at radius 1 is 1.04 bits per heavy atom. The zero-order valence-electron chi connectivity index (χ0n) is 13.1. The summed E-state index contributed by atoms with van der Waals surface area (Å²) < 4.78 is 1.81. The van der Waals surface area contributed by atoms with E-state index in [0.29, 0.717) is 5.69 Å². The Kier molecular flexibility index (Phi) is 3.61. The molecule has 0 saturated carbocycles. The van der Waals surface area contributed by atoms with Gasteiger partial charge in [0.15, 0.2) is 0 Å². The van der Waals surface area contributed by atoms with Crippen molar-refractivity contribution < 1.29 is 9.90 Å². The van der Waals surface area contributed by atoms with Gasteiger partial charge in [-0.15, -0.1) is 0 Å². The molecule has 0 unspecified atom stereocenters. The minimum atomic E-state index is -0.940. The third kappa shape index (κ3) is 2.38. The highest BCUT2D eigenvalue weighted by Crippen LogP contribution is 2.32. The zero-order valence-corrected chi connectivity index (χ0v) is 13.1. The number of carboxylic acids is 1. The van der Waals surface area contributed by atoms with Crippen molar-refractivity contribution >= 4 is 5.97 Å². The van der Waals surface area contributed by atoms with Crippen molar-refractivity contribution in [1.29, 1.82) is 0 Å². The normalized spacial score (nSPS) is 13.5. The van der Waals surface area contributed by atoms with E-state index in [1.807, 2.05) is 35.0 Å². The quantitative estimate of drug-likeness (QED) is 0.802. The van der Waals surface area contributed by atoms with E-state index in [-0.39, 0.29) is 5.56 Å². The van der Waals surface area contributed by atoms with Crippen LogP contribution in [-0.4, -0.2) is 25.8 Å². The van der Waals surface area contributed by atoms with E-state index in [9.17, 15) is 9.90 Å². The molecule has 3 aromatic rings. The third-order valence-electron chi connectivity index (χ3n) is 4.45. The van der Waals surface area contributed by atoms with Gasteiger partial charge in [0.05, 0.1) is 16.9 Å².